The molecule has 164 valence electrons. The summed E-state index contributed by atoms with van der Waals surface area (Å²) >= 11 is 0. The van der Waals surface area contributed by atoms with E-state index in [0.29, 0.717) is 48.0 Å². The molecule has 3 rings (SSSR count). The monoisotopic (exact) mass is 425 g/mol. The molecule has 8 heteroatoms. The van der Waals surface area contributed by atoms with Gasteiger partial charge in [-0.05, 0) is 50.1 Å². The molecule has 2 amide bonds. The first-order valence-electron chi connectivity index (χ1n) is 10.3. The van der Waals surface area contributed by atoms with Crippen LogP contribution in [-0.2, 0) is 9.53 Å². The zero-order valence-electron chi connectivity index (χ0n) is 17.8. The third-order valence-electron chi connectivity index (χ3n) is 4.61. The Labute approximate surface area is 180 Å². The van der Waals surface area contributed by atoms with Crippen LogP contribution in [-0.4, -0.2) is 37.2 Å². The van der Waals surface area contributed by atoms with E-state index in [4.69, 9.17) is 13.9 Å². The number of nitrogens with zero attached hydrogens (tertiary/aromatic N) is 1. The van der Waals surface area contributed by atoms with Crippen molar-refractivity contribution in [2.24, 2.45) is 0 Å². The molecule has 0 fully saturated rings. The molecule has 0 aliphatic carbocycles. The lowest BCUT2D eigenvalue weighted by molar-refractivity contribution is -0.143. The molecule has 2 N–H and O–H groups in total. The van der Waals surface area contributed by atoms with E-state index in [1.54, 1.807) is 26.2 Å². The van der Waals surface area contributed by atoms with Crippen molar-refractivity contribution in [2.45, 2.75) is 32.6 Å². The highest BCUT2D eigenvalue weighted by Gasteiger charge is 2.10. The molecular weight excluding hydrogens is 398 g/mol. The summed E-state index contributed by atoms with van der Waals surface area (Å²) in [6.45, 7) is 2.73. The average molecular weight is 425 g/mol. The van der Waals surface area contributed by atoms with Gasteiger partial charge in [0, 0.05) is 30.3 Å². The van der Waals surface area contributed by atoms with Crippen LogP contribution in [0, 0.1) is 0 Å². The van der Waals surface area contributed by atoms with Gasteiger partial charge in [0.25, 0.3) is 0 Å². The lowest BCUT2D eigenvalue weighted by Gasteiger charge is -2.08. The maximum Gasteiger partial charge on any atom is 0.319 e. The molecule has 1 aromatic heterocycles. The largest absolute Gasteiger partial charge is 0.497 e. The van der Waals surface area contributed by atoms with Gasteiger partial charge in [-0.2, -0.15) is 0 Å². The number of unbranched alkanes of at least 4 members (excludes halogenated alkanes) is 2. The molecule has 3 aromatic rings. The lowest BCUT2D eigenvalue weighted by Crippen LogP contribution is -2.29. The highest BCUT2D eigenvalue weighted by Crippen LogP contribution is 2.28. The summed E-state index contributed by atoms with van der Waals surface area (Å²) in [5, 5.41) is 5.63. The van der Waals surface area contributed by atoms with Crippen LogP contribution >= 0.6 is 0 Å². The number of rotatable bonds is 10. The Bertz CT molecular complexity index is 1030. The molecule has 0 bridgehead atoms. The number of fused-ring (bicyclic) bond motifs is 1. The highest BCUT2D eigenvalue weighted by molar-refractivity contribution is 5.90. The Morgan fingerprint density at radius 2 is 1.97 bits per heavy atom. The smallest absolute Gasteiger partial charge is 0.319 e. The lowest BCUT2D eigenvalue weighted by atomic mass is 10.2. The topological polar surface area (TPSA) is 103 Å². The second-order valence-electron chi connectivity index (χ2n) is 6.93. The van der Waals surface area contributed by atoms with E-state index in [0.717, 1.165) is 24.8 Å². The molecule has 31 heavy (non-hydrogen) atoms. The predicted molar refractivity (Wildman–Crippen MR) is 118 cm³/mol. The van der Waals surface area contributed by atoms with Crippen molar-refractivity contribution in [3.05, 3.63) is 42.5 Å². The van der Waals surface area contributed by atoms with Crippen LogP contribution in [0.4, 0.5) is 10.5 Å². The van der Waals surface area contributed by atoms with Crippen molar-refractivity contribution in [2.75, 3.05) is 25.6 Å². The zero-order valence-corrected chi connectivity index (χ0v) is 17.8. The van der Waals surface area contributed by atoms with E-state index < -0.39 is 0 Å². The predicted octanol–water partition coefficient (Wildman–Crippen LogP) is 4.75. The zero-order chi connectivity index (χ0) is 22.1. The molecule has 0 saturated carbocycles. The molecule has 0 spiro atoms. The van der Waals surface area contributed by atoms with Gasteiger partial charge in [0.1, 0.15) is 11.3 Å². The maximum atomic E-state index is 12.1. The fraction of sp³-hybridized carbons (Fsp3) is 0.348. The Hall–Kier alpha value is -3.55. The van der Waals surface area contributed by atoms with Crippen molar-refractivity contribution < 1.29 is 23.5 Å². The van der Waals surface area contributed by atoms with Crippen LogP contribution in [0.3, 0.4) is 0 Å². The summed E-state index contributed by atoms with van der Waals surface area (Å²) in [4.78, 5) is 27.9. The van der Waals surface area contributed by atoms with E-state index in [9.17, 15) is 9.59 Å². The number of nitrogens with one attached hydrogen (secondary N) is 2. The van der Waals surface area contributed by atoms with Crippen molar-refractivity contribution in [1.29, 1.82) is 0 Å². The van der Waals surface area contributed by atoms with Gasteiger partial charge in [0.15, 0.2) is 5.58 Å². The standard InChI is InChI=1S/C23H27N3O5/c1-3-30-21(27)10-5-4-6-13-24-23(28)25-17-9-7-8-16(14-17)22-26-19-15-18(29-2)11-12-20(19)31-22/h7-9,11-12,14-15H,3-6,10,13H2,1-2H3,(H2,24,25,28). The molecule has 0 aliphatic rings. The van der Waals surface area contributed by atoms with Gasteiger partial charge < -0.3 is 24.5 Å². The minimum Gasteiger partial charge on any atom is -0.497 e. The second kappa shape index (κ2) is 11.0. The average Bonchev–Trinajstić information content (AvgIpc) is 3.20. The van der Waals surface area contributed by atoms with Crippen LogP contribution < -0.4 is 15.4 Å². The molecule has 1 heterocycles. The molecule has 0 radical (unpaired) electrons. The van der Waals surface area contributed by atoms with E-state index in [2.05, 4.69) is 15.6 Å². The number of aromatic nitrogens is 1. The van der Waals surface area contributed by atoms with Crippen LogP contribution in [0.2, 0.25) is 0 Å². The number of carbonyl (C=O) groups excluding carboxylic acids is 2. The molecule has 8 nitrogen and oxygen atoms in total. The normalized spacial score (nSPS) is 10.6. The Balaban J connectivity index is 1.49. The third-order valence-corrected chi connectivity index (χ3v) is 4.61. The second-order valence-corrected chi connectivity index (χ2v) is 6.93. The van der Waals surface area contributed by atoms with Crippen LogP contribution in [0.25, 0.3) is 22.6 Å². The molecule has 2 aromatic carbocycles. The van der Waals surface area contributed by atoms with Crippen LogP contribution in [0.1, 0.15) is 32.6 Å². The summed E-state index contributed by atoms with van der Waals surface area (Å²) in [5.74, 6) is 1.00. The Morgan fingerprint density at radius 3 is 2.77 bits per heavy atom. The third kappa shape index (κ3) is 6.47. The molecular formula is C23H27N3O5. The number of urea groups is 1. The van der Waals surface area contributed by atoms with Gasteiger partial charge in [-0.25, -0.2) is 9.78 Å². The Kier molecular flexibility index (Phi) is 7.86. The number of anilines is 1. The van der Waals surface area contributed by atoms with Gasteiger partial charge in [-0.15, -0.1) is 0 Å². The summed E-state index contributed by atoms with van der Waals surface area (Å²) in [6.07, 6.45) is 2.80. The number of methoxy groups -OCH3 is 1. The number of carbonyl (C=O) groups is 2. The summed E-state index contributed by atoms with van der Waals surface area (Å²) in [6, 6.07) is 12.5. The first kappa shape index (κ1) is 22.1. The quantitative estimate of drug-likeness (QED) is 0.359. The van der Waals surface area contributed by atoms with Crippen LogP contribution in [0.5, 0.6) is 5.75 Å². The van der Waals surface area contributed by atoms with Gasteiger partial charge >= 0.3 is 12.0 Å². The first-order chi connectivity index (χ1) is 15.1. The van der Waals surface area contributed by atoms with Gasteiger partial charge in [-0.3, -0.25) is 4.79 Å². The SMILES string of the molecule is CCOC(=O)CCCCCNC(=O)Nc1cccc(-c2nc3cc(OC)ccc3o2)c1. The van der Waals surface area contributed by atoms with Crippen molar-refractivity contribution >= 4 is 28.8 Å². The first-order valence-corrected chi connectivity index (χ1v) is 10.3. The molecule has 0 atom stereocenters. The Morgan fingerprint density at radius 1 is 1.10 bits per heavy atom. The fourth-order valence-electron chi connectivity index (χ4n) is 3.07. The van der Waals surface area contributed by atoms with E-state index in [1.807, 2.05) is 30.3 Å². The number of hydrogen-bond acceptors (Lipinski definition) is 6. The molecule has 0 aliphatic heterocycles. The summed E-state index contributed by atoms with van der Waals surface area (Å²) in [5.41, 5.74) is 2.76. The molecule has 0 saturated heterocycles. The van der Waals surface area contributed by atoms with Gasteiger partial charge in [-0.1, -0.05) is 12.5 Å². The van der Waals surface area contributed by atoms with Gasteiger partial charge in [0.05, 0.1) is 13.7 Å². The van der Waals surface area contributed by atoms with Gasteiger partial charge in [0.2, 0.25) is 5.89 Å². The van der Waals surface area contributed by atoms with Crippen LogP contribution in [0.15, 0.2) is 46.9 Å². The van der Waals surface area contributed by atoms with E-state index in [1.165, 1.54) is 0 Å². The summed E-state index contributed by atoms with van der Waals surface area (Å²) < 4.78 is 15.9. The minimum absolute atomic E-state index is 0.175. The number of oxazole rings is 1. The number of esters is 1. The fourth-order valence-corrected chi connectivity index (χ4v) is 3.07. The number of amides is 2. The highest BCUT2D eigenvalue weighted by atomic mass is 16.5. The van der Waals surface area contributed by atoms with Crippen molar-refractivity contribution in [1.82, 2.24) is 10.3 Å². The van der Waals surface area contributed by atoms with Crippen molar-refractivity contribution in [3.8, 4) is 17.2 Å². The minimum atomic E-state index is -0.287. The van der Waals surface area contributed by atoms with E-state index >= 15 is 0 Å². The maximum absolute atomic E-state index is 12.1. The number of hydrogen-bond donors (Lipinski definition) is 2. The number of ether oxygens (including phenoxy) is 2. The van der Waals surface area contributed by atoms with Crippen molar-refractivity contribution in [3.63, 3.8) is 0 Å². The number of benzene rings is 2. The molecule has 0 unspecified atom stereocenters. The summed E-state index contributed by atoms with van der Waals surface area (Å²) in [7, 11) is 1.60. The van der Waals surface area contributed by atoms with E-state index in [-0.39, 0.29) is 12.0 Å².